The maximum Gasteiger partial charge on any atom is 0.314 e. The standard InChI is InChI=1S/C15H28O3/c1-5-7-12-8-10-15(17,11-9-12)14(3,4)13(16)18-6-2/h12,17H,5-11H2,1-4H3. The van der Waals surface area contributed by atoms with Gasteiger partial charge in [-0.2, -0.15) is 0 Å². The smallest absolute Gasteiger partial charge is 0.314 e. The predicted octanol–water partition coefficient (Wildman–Crippen LogP) is 3.30. The first kappa shape index (κ1) is 15.5. The van der Waals surface area contributed by atoms with Gasteiger partial charge in [0, 0.05) is 0 Å². The Kier molecular flexibility index (Phi) is 5.20. The molecule has 0 radical (unpaired) electrons. The molecule has 106 valence electrons. The Labute approximate surface area is 111 Å². The monoisotopic (exact) mass is 256 g/mol. The van der Waals surface area contributed by atoms with Crippen LogP contribution in [0, 0.1) is 11.3 Å². The van der Waals surface area contributed by atoms with E-state index in [-0.39, 0.29) is 5.97 Å². The third-order valence-electron chi connectivity index (χ3n) is 4.58. The third-order valence-corrected chi connectivity index (χ3v) is 4.58. The highest BCUT2D eigenvalue weighted by Gasteiger charge is 2.50. The van der Waals surface area contributed by atoms with Crippen molar-refractivity contribution in [3.05, 3.63) is 0 Å². The second kappa shape index (κ2) is 6.05. The van der Waals surface area contributed by atoms with Gasteiger partial charge in [0.1, 0.15) is 0 Å². The molecule has 3 nitrogen and oxygen atoms in total. The summed E-state index contributed by atoms with van der Waals surface area (Å²) >= 11 is 0. The molecule has 3 heteroatoms. The third kappa shape index (κ3) is 3.05. The molecule has 0 aromatic carbocycles. The normalized spacial score (nSPS) is 29.1. The Balaban J connectivity index is 2.67. The van der Waals surface area contributed by atoms with Gasteiger partial charge >= 0.3 is 5.97 Å². The van der Waals surface area contributed by atoms with Gasteiger partial charge in [-0.1, -0.05) is 19.8 Å². The van der Waals surface area contributed by atoms with Crippen molar-refractivity contribution in [3.8, 4) is 0 Å². The molecule has 0 aliphatic heterocycles. The van der Waals surface area contributed by atoms with E-state index in [0.29, 0.717) is 25.4 Å². The van der Waals surface area contributed by atoms with Gasteiger partial charge in [0.15, 0.2) is 0 Å². The Bertz CT molecular complexity index is 275. The van der Waals surface area contributed by atoms with Crippen LogP contribution < -0.4 is 0 Å². The molecule has 1 rings (SSSR count). The van der Waals surface area contributed by atoms with Gasteiger partial charge in [-0.3, -0.25) is 4.79 Å². The Morgan fingerprint density at radius 1 is 1.33 bits per heavy atom. The molecule has 0 atom stereocenters. The number of aliphatic hydroxyl groups is 1. The minimum absolute atomic E-state index is 0.276. The van der Waals surface area contributed by atoms with E-state index in [1.165, 1.54) is 12.8 Å². The van der Waals surface area contributed by atoms with Crippen LogP contribution in [0.2, 0.25) is 0 Å². The minimum atomic E-state index is -0.899. The van der Waals surface area contributed by atoms with Crippen LogP contribution in [0.3, 0.4) is 0 Å². The van der Waals surface area contributed by atoms with Gasteiger partial charge in [-0.15, -0.1) is 0 Å². The fourth-order valence-electron chi connectivity index (χ4n) is 2.98. The number of esters is 1. The van der Waals surface area contributed by atoms with Crippen LogP contribution >= 0.6 is 0 Å². The average molecular weight is 256 g/mol. The second-order valence-electron chi connectivity index (χ2n) is 6.11. The summed E-state index contributed by atoms with van der Waals surface area (Å²) in [6.07, 6.45) is 5.90. The summed E-state index contributed by atoms with van der Waals surface area (Å²) in [4.78, 5) is 12.0. The van der Waals surface area contributed by atoms with Gasteiger partial charge in [0.2, 0.25) is 0 Å². The molecule has 0 unspecified atom stereocenters. The van der Waals surface area contributed by atoms with Crippen LogP contribution in [0.4, 0.5) is 0 Å². The number of rotatable bonds is 5. The molecule has 0 heterocycles. The van der Waals surface area contributed by atoms with Gasteiger partial charge in [0.25, 0.3) is 0 Å². The molecule has 1 aliphatic rings. The van der Waals surface area contributed by atoms with E-state index in [0.717, 1.165) is 12.8 Å². The van der Waals surface area contributed by atoms with Crippen molar-refractivity contribution >= 4 is 5.97 Å². The molecule has 1 saturated carbocycles. The molecule has 0 amide bonds. The first-order chi connectivity index (χ1) is 8.37. The van der Waals surface area contributed by atoms with Crippen LogP contribution in [-0.4, -0.2) is 23.3 Å². The zero-order chi connectivity index (χ0) is 13.8. The van der Waals surface area contributed by atoms with E-state index in [1.54, 1.807) is 6.92 Å². The molecule has 0 saturated heterocycles. The topological polar surface area (TPSA) is 46.5 Å². The van der Waals surface area contributed by atoms with Gasteiger partial charge in [-0.05, 0) is 52.4 Å². The maximum atomic E-state index is 12.0. The van der Waals surface area contributed by atoms with Crippen molar-refractivity contribution < 1.29 is 14.6 Å². The van der Waals surface area contributed by atoms with Crippen LogP contribution in [0.25, 0.3) is 0 Å². The van der Waals surface area contributed by atoms with Gasteiger partial charge < -0.3 is 9.84 Å². The van der Waals surface area contributed by atoms with Crippen LogP contribution in [0.5, 0.6) is 0 Å². The van der Waals surface area contributed by atoms with Crippen molar-refractivity contribution in [2.45, 2.75) is 71.8 Å². The number of hydrogen-bond donors (Lipinski definition) is 1. The largest absolute Gasteiger partial charge is 0.465 e. The lowest BCUT2D eigenvalue weighted by atomic mass is 9.64. The zero-order valence-corrected chi connectivity index (χ0v) is 12.3. The molecule has 18 heavy (non-hydrogen) atoms. The molecule has 0 bridgehead atoms. The average Bonchev–Trinajstić information content (AvgIpc) is 2.32. The number of carbonyl (C=O) groups excluding carboxylic acids is 1. The number of carbonyl (C=O) groups is 1. The van der Waals surface area contributed by atoms with E-state index < -0.39 is 11.0 Å². The van der Waals surface area contributed by atoms with Crippen molar-refractivity contribution in [1.82, 2.24) is 0 Å². The van der Waals surface area contributed by atoms with Crippen LogP contribution in [-0.2, 0) is 9.53 Å². The molecule has 1 N–H and O–H groups in total. The lowest BCUT2D eigenvalue weighted by Crippen LogP contribution is -2.52. The molecule has 1 aliphatic carbocycles. The molecule has 0 aromatic rings. The highest BCUT2D eigenvalue weighted by atomic mass is 16.5. The Morgan fingerprint density at radius 2 is 1.89 bits per heavy atom. The van der Waals surface area contributed by atoms with E-state index in [9.17, 15) is 9.90 Å². The van der Waals surface area contributed by atoms with Crippen molar-refractivity contribution in [2.75, 3.05) is 6.61 Å². The Hall–Kier alpha value is -0.570. The Morgan fingerprint density at radius 3 is 2.33 bits per heavy atom. The molecule has 0 spiro atoms. The van der Waals surface area contributed by atoms with E-state index >= 15 is 0 Å². The van der Waals surface area contributed by atoms with Crippen molar-refractivity contribution in [2.24, 2.45) is 11.3 Å². The van der Waals surface area contributed by atoms with Crippen molar-refractivity contribution in [1.29, 1.82) is 0 Å². The second-order valence-corrected chi connectivity index (χ2v) is 6.11. The van der Waals surface area contributed by atoms with Crippen LogP contribution in [0.15, 0.2) is 0 Å². The van der Waals surface area contributed by atoms with Crippen LogP contribution in [0.1, 0.15) is 66.2 Å². The predicted molar refractivity (Wildman–Crippen MR) is 72.2 cm³/mol. The maximum absolute atomic E-state index is 12.0. The molecular formula is C15H28O3. The lowest BCUT2D eigenvalue weighted by Gasteiger charge is -2.45. The molecule has 0 aromatic heterocycles. The fraction of sp³-hybridized carbons (Fsp3) is 0.933. The zero-order valence-electron chi connectivity index (χ0n) is 12.3. The SMILES string of the molecule is CCCC1CCC(O)(C(C)(C)C(=O)OCC)CC1. The first-order valence-electron chi connectivity index (χ1n) is 7.27. The highest BCUT2D eigenvalue weighted by molar-refractivity contribution is 5.77. The highest BCUT2D eigenvalue weighted by Crippen LogP contribution is 2.45. The summed E-state index contributed by atoms with van der Waals surface area (Å²) in [5.74, 6) is 0.440. The van der Waals surface area contributed by atoms with Gasteiger partial charge in [-0.25, -0.2) is 0 Å². The summed E-state index contributed by atoms with van der Waals surface area (Å²) in [6.45, 7) is 7.99. The van der Waals surface area contributed by atoms with E-state index in [2.05, 4.69) is 6.92 Å². The summed E-state index contributed by atoms with van der Waals surface area (Å²) in [7, 11) is 0. The quantitative estimate of drug-likeness (QED) is 0.768. The molecular weight excluding hydrogens is 228 g/mol. The summed E-state index contributed by atoms with van der Waals surface area (Å²) in [5.41, 5.74) is -1.70. The molecule has 1 fully saturated rings. The fourth-order valence-corrected chi connectivity index (χ4v) is 2.98. The van der Waals surface area contributed by atoms with Crippen molar-refractivity contribution in [3.63, 3.8) is 0 Å². The first-order valence-corrected chi connectivity index (χ1v) is 7.27. The van der Waals surface area contributed by atoms with E-state index in [1.807, 2.05) is 13.8 Å². The van der Waals surface area contributed by atoms with Gasteiger partial charge in [0.05, 0.1) is 17.6 Å². The summed E-state index contributed by atoms with van der Waals surface area (Å²) in [5, 5.41) is 10.8. The summed E-state index contributed by atoms with van der Waals surface area (Å²) in [6, 6.07) is 0. The summed E-state index contributed by atoms with van der Waals surface area (Å²) < 4.78 is 5.10. The number of ether oxygens (including phenoxy) is 1. The number of hydrogen-bond acceptors (Lipinski definition) is 3. The lowest BCUT2D eigenvalue weighted by molar-refractivity contribution is -0.176. The van der Waals surface area contributed by atoms with E-state index in [4.69, 9.17) is 4.74 Å². The minimum Gasteiger partial charge on any atom is -0.465 e.